The maximum Gasteiger partial charge on any atom is 0.407 e. The van der Waals surface area contributed by atoms with Gasteiger partial charge in [-0.05, 0) is 52.9 Å². The van der Waals surface area contributed by atoms with Crippen molar-refractivity contribution in [3.05, 3.63) is 0 Å². The molecule has 182 valence electrons. The smallest absolute Gasteiger partial charge is 0.407 e. The zero-order valence-corrected chi connectivity index (χ0v) is 20.8. The predicted octanol–water partition coefficient (Wildman–Crippen LogP) is 3.27. The average molecular weight is 443 g/mol. The molecule has 0 aliphatic carbocycles. The lowest BCUT2D eigenvalue weighted by molar-refractivity contribution is 0.0486. The standard InChI is InChI=1S/C23H46N4O4/c1-8-24-21(25-12-9-14-29-16-19-11-15-30-17-19)27(7)13-10-20(18(2)3)26-22(28)31-23(4,5)6/h18-20H,8-17H2,1-7H3,(H,24,25)(H,26,28). The van der Waals surface area contributed by atoms with Crippen LogP contribution in [0.4, 0.5) is 4.79 Å². The third-order valence-electron chi connectivity index (χ3n) is 5.06. The Kier molecular flexibility index (Phi) is 12.9. The van der Waals surface area contributed by atoms with E-state index in [0.29, 0.717) is 11.8 Å². The normalized spacial score (nSPS) is 18.2. The molecule has 2 N–H and O–H groups in total. The van der Waals surface area contributed by atoms with Gasteiger partial charge in [0.1, 0.15) is 5.60 Å². The minimum atomic E-state index is -0.498. The molecular weight excluding hydrogens is 396 g/mol. The quantitative estimate of drug-likeness (QED) is 0.274. The average Bonchev–Trinajstić information content (AvgIpc) is 3.18. The molecule has 1 saturated heterocycles. The van der Waals surface area contributed by atoms with E-state index in [1.165, 1.54) is 0 Å². The first-order chi connectivity index (χ1) is 14.6. The highest BCUT2D eigenvalue weighted by Crippen LogP contribution is 2.13. The predicted molar refractivity (Wildman–Crippen MR) is 126 cm³/mol. The van der Waals surface area contributed by atoms with E-state index in [1.54, 1.807) is 0 Å². The molecular formula is C23H46N4O4. The van der Waals surface area contributed by atoms with Crippen LogP contribution in [0.25, 0.3) is 0 Å². The van der Waals surface area contributed by atoms with Crippen molar-refractivity contribution in [2.24, 2.45) is 16.8 Å². The molecule has 0 radical (unpaired) electrons. The molecule has 0 spiro atoms. The SMILES string of the molecule is CCNC(=NCCCOCC1CCOC1)N(C)CCC(NC(=O)OC(C)(C)C)C(C)C. The maximum atomic E-state index is 12.2. The van der Waals surface area contributed by atoms with Crippen molar-refractivity contribution in [1.82, 2.24) is 15.5 Å². The molecule has 31 heavy (non-hydrogen) atoms. The summed E-state index contributed by atoms with van der Waals surface area (Å²) in [6.07, 6.45) is 2.45. The molecule has 1 fully saturated rings. The summed E-state index contributed by atoms with van der Waals surface area (Å²) in [7, 11) is 2.03. The van der Waals surface area contributed by atoms with Crippen molar-refractivity contribution >= 4 is 12.1 Å². The lowest BCUT2D eigenvalue weighted by Crippen LogP contribution is -2.45. The summed E-state index contributed by atoms with van der Waals surface area (Å²) in [5.74, 6) is 1.74. The first-order valence-electron chi connectivity index (χ1n) is 11.8. The number of guanidine groups is 1. The highest BCUT2D eigenvalue weighted by atomic mass is 16.6. The van der Waals surface area contributed by atoms with Gasteiger partial charge in [0, 0.05) is 51.9 Å². The topological polar surface area (TPSA) is 84.4 Å². The Morgan fingerprint density at radius 1 is 1.32 bits per heavy atom. The molecule has 1 aliphatic heterocycles. The molecule has 1 aliphatic rings. The Labute approximate surface area is 189 Å². The van der Waals surface area contributed by atoms with E-state index in [9.17, 15) is 4.79 Å². The number of hydrogen-bond donors (Lipinski definition) is 2. The van der Waals surface area contributed by atoms with Gasteiger partial charge >= 0.3 is 6.09 Å². The third-order valence-corrected chi connectivity index (χ3v) is 5.06. The molecule has 0 aromatic carbocycles. The van der Waals surface area contributed by atoms with Crippen LogP contribution in [0.1, 0.15) is 60.8 Å². The Bertz CT molecular complexity index is 528. The minimum Gasteiger partial charge on any atom is -0.444 e. The number of ether oxygens (including phenoxy) is 3. The third kappa shape index (κ3) is 12.8. The highest BCUT2D eigenvalue weighted by molar-refractivity contribution is 5.79. The van der Waals surface area contributed by atoms with E-state index >= 15 is 0 Å². The van der Waals surface area contributed by atoms with Gasteiger partial charge in [-0.25, -0.2) is 4.79 Å². The number of aliphatic imine (C=N–C) groups is 1. The molecule has 0 aromatic heterocycles. The fourth-order valence-corrected chi connectivity index (χ4v) is 3.26. The van der Waals surface area contributed by atoms with Gasteiger partial charge in [0.15, 0.2) is 5.96 Å². The number of rotatable bonds is 12. The number of hydrogen-bond acceptors (Lipinski definition) is 5. The first kappa shape index (κ1) is 27.5. The number of nitrogens with zero attached hydrogens (tertiary/aromatic N) is 2. The van der Waals surface area contributed by atoms with E-state index in [-0.39, 0.29) is 12.1 Å². The summed E-state index contributed by atoms with van der Waals surface area (Å²) < 4.78 is 16.5. The van der Waals surface area contributed by atoms with E-state index in [2.05, 4.69) is 36.3 Å². The van der Waals surface area contributed by atoms with Crippen LogP contribution in [0.5, 0.6) is 0 Å². The van der Waals surface area contributed by atoms with Crippen LogP contribution in [0.3, 0.4) is 0 Å². The van der Waals surface area contributed by atoms with Crippen LogP contribution >= 0.6 is 0 Å². The minimum absolute atomic E-state index is 0.0353. The van der Waals surface area contributed by atoms with Gasteiger partial charge in [0.2, 0.25) is 0 Å². The van der Waals surface area contributed by atoms with Crippen LogP contribution in [0.15, 0.2) is 4.99 Å². The van der Waals surface area contributed by atoms with E-state index in [1.807, 2.05) is 27.8 Å². The van der Waals surface area contributed by atoms with Crippen molar-refractivity contribution in [1.29, 1.82) is 0 Å². The molecule has 0 saturated carbocycles. The zero-order chi connectivity index (χ0) is 23.3. The molecule has 8 nitrogen and oxygen atoms in total. The summed E-state index contributed by atoms with van der Waals surface area (Å²) in [5, 5.41) is 6.36. The summed E-state index contributed by atoms with van der Waals surface area (Å²) in [6, 6.07) is 0.0353. The second-order valence-electron chi connectivity index (χ2n) is 9.60. The molecule has 0 bridgehead atoms. The van der Waals surface area contributed by atoms with Crippen molar-refractivity contribution in [2.45, 2.75) is 72.4 Å². The van der Waals surface area contributed by atoms with Crippen molar-refractivity contribution in [3.8, 4) is 0 Å². The molecule has 2 atom stereocenters. The fraction of sp³-hybridized carbons (Fsp3) is 0.913. The van der Waals surface area contributed by atoms with Crippen LogP contribution in [-0.2, 0) is 14.2 Å². The molecule has 0 aromatic rings. The Balaban J connectivity index is 2.41. The molecule has 2 unspecified atom stereocenters. The summed E-state index contributed by atoms with van der Waals surface area (Å²) in [6.45, 7) is 17.4. The lowest BCUT2D eigenvalue weighted by atomic mass is 10.0. The summed E-state index contributed by atoms with van der Waals surface area (Å²) >= 11 is 0. The van der Waals surface area contributed by atoms with Crippen LogP contribution < -0.4 is 10.6 Å². The van der Waals surface area contributed by atoms with E-state index in [0.717, 1.165) is 71.3 Å². The Hall–Kier alpha value is -1.54. The second-order valence-corrected chi connectivity index (χ2v) is 9.60. The number of alkyl carbamates (subject to hydrolysis) is 1. The van der Waals surface area contributed by atoms with Gasteiger partial charge in [-0.15, -0.1) is 0 Å². The van der Waals surface area contributed by atoms with Gasteiger partial charge < -0.3 is 29.7 Å². The van der Waals surface area contributed by atoms with Gasteiger partial charge in [-0.3, -0.25) is 4.99 Å². The Morgan fingerprint density at radius 3 is 2.65 bits per heavy atom. The number of nitrogens with one attached hydrogen (secondary N) is 2. The summed E-state index contributed by atoms with van der Waals surface area (Å²) in [4.78, 5) is 19.0. The molecule has 8 heteroatoms. The molecule has 1 rings (SSSR count). The first-order valence-corrected chi connectivity index (χ1v) is 11.8. The van der Waals surface area contributed by atoms with Gasteiger partial charge in [0.05, 0.1) is 13.2 Å². The zero-order valence-electron chi connectivity index (χ0n) is 20.8. The van der Waals surface area contributed by atoms with Crippen LogP contribution in [-0.4, -0.2) is 81.7 Å². The van der Waals surface area contributed by atoms with Crippen molar-refractivity contribution < 1.29 is 19.0 Å². The number of carbonyl (C=O) groups is 1. The van der Waals surface area contributed by atoms with Crippen molar-refractivity contribution in [2.75, 3.05) is 53.1 Å². The fourth-order valence-electron chi connectivity index (χ4n) is 3.26. The lowest BCUT2D eigenvalue weighted by Gasteiger charge is -2.28. The maximum absolute atomic E-state index is 12.2. The largest absolute Gasteiger partial charge is 0.444 e. The van der Waals surface area contributed by atoms with Gasteiger partial charge in [0.25, 0.3) is 0 Å². The van der Waals surface area contributed by atoms with Gasteiger partial charge in [-0.2, -0.15) is 0 Å². The monoisotopic (exact) mass is 442 g/mol. The van der Waals surface area contributed by atoms with Crippen molar-refractivity contribution in [3.63, 3.8) is 0 Å². The van der Waals surface area contributed by atoms with Gasteiger partial charge in [-0.1, -0.05) is 13.8 Å². The highest BCUT2D eigenvalue weighted by Gasteiger charge is 2.22. The molecule has 1 amide bonds. The number of amides is 1. The van der Waals surface area contributed by atoms with Crippen LogP contribution in [0.2, 0.25) is 0 Å². The molecule has 1 heterocycles. The van der Waals surface area contributed by atoms with E-state index in [4.69, 9.17) is 19.2 Å². The van der Waals surface area contributed by atoms with E-state index < -0.39 is 5.60 Å². The van der Waals surface area contributed by atoms with Crippen LogP contribution in [0, 0.1) is 11.8 Å². The number of carbonyl (C=O) groups excluding carboxylic acids is 1. The second kappa shape index (κ2) is 14.5. The Morgan fingerprint density at radius 2 is 2.06 bits per heavy atom. The summed E-state index contributed by atoms with van der Waals surface area (Å²) in [5.41, 5.74) is -0.498.